The highest BCUT2D eigenvalue weighted by Gasteiger charge is 2.16. The Hall–Kier alpha value is -1.55. The Morgan fingerprint density at radius 2 is 1.94 bits per heavy atom. The third-order valence-electron chi connectivity index (χ3n) is 2.73. The molecule has 0 aliphatic carbocycles. The van der Waals surface area contributed by atoms with Crippen LogP contribution in [0.5, 0.6) is 11.5 Å². The molecule has 0 bridgehead atoms. The molecule has 2 rings (SSSR count). The number of ketones is 1. The lowest BCUT2D eigenvalue weighted by atomic mass is 10.0. The van der Waals surface area contributed by atoms with E-state index in [9.17, 15) is 4.79 Å². The summed E-state index contributed by atoms with van der Waals surface area (Å²) < 4.78 is 11.1. The Morgan fingerprint density at radius 3 is 2.59 bits per heavy atom. The summed E-state index contributed by atoms with van der Waals surface area (Å²) in [7, 11) is 1.76. The maximum absolute atomic E-state index is 11.9. The molecule has 0 saturated heterocycles. The van der Waals surface area contributed by atoms with E-state index < -0.39 is 0 Å². The molecule has 4 heteroatoms. The van der Waals surface area contributed by atoms with E-state index in [0.717, 1.165) is 17.7 Å². The van der Waals surface area contributed by atoms with Crippen LogP contribution in [0.15, 0.2) is 12.1 Å². The van der Waals surface area contributed by atoms with E-state index in [-0.39, 0.29) is 5.78 Å². The minimum Gasteiger partial charge on any atom is -0.490 e. The molecular weight excluding hydrogens is 218 g/mol. The van der Waals surface area contributed by atoms with Crippen LogP contribution in [0.25, 0.3) is 0 Å². The lowest BCUT2D eigenvalue weighted by molar-refractivity contribution is 0.0992. The van der Waals surface area contributed by atoms with Crippen LogP contribution < -0.4 is 14.8 Å². The summed E-state index contributed by atoms with van der Waals surface area (Å²) in [5.41, 5.74) is 1.62. The van der Waals surface area contributed by atoms with Crippen LogP contribution in [0.2, 0.25) is 0 Å². The second-order valence-electron chi connectivity index (χ2n) is 4.12. The lowest BCUT2D eigenvalue weighted by Gasteiger charge is -2.11. The zero-order valence-electron chi connectivity index (χ0n) is 10.2. The molecule has 1 aliphatic rings. The summed E-state index contributed by atoms with van der Waals surface area (Å²) >= 11 is 0. The number of likely N-dealkylation sites (N-methyl/N-ethyl adjacent to an activating group) is 1. The van der Waals surface area contributed by atoms with Crippen molar-refractivity contribution in [2.24, 2.45) is 0 Å². The fourth-order valence-electron chi connectivity index (χ4n) is 1.87. The lowest BCUT2D eigenvalue weighted by Crippen LogP contribution is -2.19. The Kier molecular flexibility index (Phi) is 3.64. The Morgan fingerprint density at radius 1 is 1.29 bits per heavy atom. The summed E-state index contributed by atoms with van der Waals surface area (Å²) in [5, 5.41) is 2.86. The molecule has 0 amide bonds. The molecule has 1 aromatic rings. The molecule has 0 saturated carbocycles. The molecule has 0 aromatic heterocycles. The van der Waals surface area contributed by atoms with Crippen LogP contribution in [0.4, 0.5) is 0 Å². The Labute approximate surface area is 101 Å². The van der Waals surface area contributed by atoms with Crippen LogP contribution in [0, 0.1) is 6.92 Å². The van der Waals surface area contributed by atoms with Gasteiger partial charge < -0.3 is 14.8 Å². The maximum Gasteiger partial charge on any atom is 0.176 e. The second-order valence-corrected chi connectivity index (χ2v) is 4.12. The first-order valence-electron chi connectivity index (χ1n) is 5.80. The number of hydrogen-bond acceptors (Lipinski definition) is 4. The molecule has 1 N–H and O–H groups in total. The Balaban J connectivity index is 2.35. The van der Waals surface area contributed by atoms with Crippen molar-refractivity contribution in [3.8, 4) is 11.5 Å². The molecule has 1 aliphatic heterocycles. The van der Waals surface area contributed by atoms with E-state index in [1.807, 2.05) is 13.0 Å². The molecule has 0 atom stereocenters. The van der Waals surface area contributed by atoms with Gasteiger partial charge in [-0.1, -0.05) is 0 Å². The molecular formula is C13H17NO3. The van der Waals surface area contributed by atoms with Crippen LogP contribution in [-0.2, 0) is 0 Å². The second kappa shape index (κ2) is 5.19. The third kappa shape index (κ3) is 2.58. The average molecular weight is 235 g/mol. The predicted octanol–water partition coefficient (Wildman–Crippen LogP) is 1.56. The van der Waals surface area contributed by atoms with Crippen molar-refractivity contribution in [1.29, 1.82) is 0 Å². The summed E-state index contributed by atoms with van der Waals surface area (Å²) in [6.07, 6.45) is 0.869. The van der Waals surface area contributed by atoms with Crippen molar-refractivity contribution in [2.75, 3.05) is 26.8 Å². The molecule has 1 aromatic carbocycles. The fourth-order valence-corrected chi connectivity index (χ4v) is 1.87. The number of Topliss-reactive ketones (excluding diaryl/α,β-unsaturated/α-hetero) is 1. The van der Waals surface area contributed by atoms with E-state index in [2.05, 4.69) is 5.32 Å². The van der Waals surface area contributed by atoms with Crippen molar-refractivity contribution < 1.29 is 14.3 Å². The van der Waals surface area contributed by atoms with Crippen molar-refractivity contribution in [3.05, 3.63) is 23.3 Å². The highest BCUT2D eigenvalue weighted by Crippen LogP contribution is 2.32. The van der Waals surface area contributed by atoms with Gasteiger partial charge in [-0.25, -0.2) is 0 Å². The molecule has 92 valence electrons. The highest BCUT2D eigenvalue weighted by atomic mass is 16.5. The van der Waals surface area contributed by atoms with Crippen molar-refractivity contribution in [2.45, 2.75) is 13.3 Å². The maximum atomic E-state index is 11.9. The number of carbonyl (C=O) groups is 1. The first-order chi connectivity index (χ1) is 8.22. The summed E-state index contributed by atoms with van der Waals surface area (Å²) in [5.74, 6) is 1.48. The zero-order valence-corrected chi connectivity index (χ0v) is 10.2. The van der Waals surface area contributed by atoms with Gasteiger partial charge in [-0.15, -0.1) is 0 Å². The number of fused-ring (bicyclic) bond motifs is 1. The standard InChI is InChI=1S/C13H17NO3/c1-9-6-12-13(17-5-3-4-16-12)7-10(9)11(15)8-14-2/h6-7,14H,3-5,8H2,1-2H3. The summed E-state index contributed by atoms with van der Waals surface area (Å²) in [4.78, 5) is 11.9. The number of hydrogen-bond donors (Lipinski definition) is 1. The van der Waals surface area contributed by atoms with Crippen molar-refractivity contribution >= 4 is 5.78 Å². The van der Waals surface area contributed by atoms with Crippen LogP contribution in [0.1, 0.15) is 22.3 Å². The number of benzene rings is 1. The SMILES string of the molecule is CNCC(=O)c1cc2c(cc1C)OCCCO2. The van der Waals surface area contributed by atoms with Crippen LogP contribution >= 0.6 is 0 Å². The van der Waals surface area contributed by atoms with Gasteiger partial charge in [-0.2, -0.15) is 0 Å². The first-order valence-corrected chi connectivity index (χ1v) is 5.80. The van der Waals surface area contributed by atoms with E-state index >= 15 is 0 Å². The number of rotatable bonds is 3. The van der Waals surface area contributed by atoms with Gasteiger partial charge in [0.2, 0.25) is 0 Å². The topological polar surface area (TPSA) is 47.6 Å². The minimum absolute atomic E-state index is 0.0700. The zero-order chi connectivity index (χ0) is 12.3. The molecule has 0 fully saturated rings. The molecule has 17 heavy (non-hydrogen) atoms. The number of nitrogens with one attached hydrogen (secondary N) is 1. The number of ether oxygens (including phenoxy) is 2. The average Bonchev–Trinajstić information content (AvgIpc) is 2.52. The summed E-state index contributed by atoms with van der Waals surface area (Å²) in [6, 6.07) is 3.67. The van der Waals surface area contributed by atoms with Gasteiger partial charge in [0, 0.05) is 12.0 Å². The van der Waals surface area contributed by atoms with Gasteiger partial charge in [0.1, 0.15) is 0 Å². The normalized spacial score (nSPS) is 14.2. The van der Waals surface area contributed by atoms with E-state index in [1.165, 1.54) is 0 Å². The number of carbonyl (C=O) groups excluding carboxylic acids is 1. The van der Waals surface area contributed by atoms with Gasteiger partial charge >= 0.3 is 0 Å². The van der Waals surface area contributed by atoms with Gasteiger partial charge in [0.15, 0.2) is 17.3 Å². The van der Waals surface area contributed by atoms with Gasteiger partial charge in [-0.3, -0.25) is 4.79 Å². The van der Waals surface area contributed by atoms with Gasteiger partial charge in [-0.05, 0) is 31.7 Å². The van der Waals surface area contributed by atoms with E-state index in [4.69, 9.17) is 9.47 Å². The fraction of sp³-hybridized carbons (Fsp3) is 0.462. The van der Waals surface area contributed by atoms with Crippen LogP contribution in [-0.4, -0.2) is 32.6 Å². The quantitative estimate of drug-likeness (QED) is 0.808. The van der Waals surface area contributed by atoms with E-state index in [1.54, 1.807) is 13.1 Å². The predicted molar refractivity (Wildman–Crippen MR) is 65.0 cm³/mol. The van der Waals surface area contributed by atoms with Gasteiger partial charge in [0.25, 0.3) is 0 Å². The Bertz CT molecular complexity index is 429. The first kappa shape index (κ1) is 11.9. The van der Waals surface area contributed by atoms with Crippen LogP contribution in [0.3, 0.4) is 0 Å². The molecule has 1 heterocycles. The smallest absolute Gasteiger partial charge is 0.176 e. The van der Waals surface area contributed by atoms with Gasteiger partial charge in [0.05, 0.1) is 19.8 Å². The molecule has 4 nitrogen and oxygen atoms in total. The molecule has 0 unspecified atom stereocenters. The third-order valence-corrected chi connectivity index (χ3v) is 2.73. The van der Waals surface area contributed by atoms with Crippen molar-refractivity contribution in [3.63, 3.8) is 0 Å². The largest absolute Gasteiger partial charge is 0.490 e. The molecule has 0 radical (unpaired) electrons. The van der Waals surface area contributed by atoms with Crippen molar-refractivity contribution in [1.82, 2.24) is 5.32 Å². The number of aryl methyl sites for hydroxylation is 1. The summed E-state index contributed by atoms with van der Waals surface area (Å²) in [6.45, 7) is 3.55. The molecule has 0 spiro atoms. The minimum atomic E-state index is 0.0700. The monoisotopic (exact) mass is 235 g/mol. The highest BCUT2D eigenvalue weighted by molar-refractivity contribution is 5.99. The van der Waals surface area contributed by atoms with E-state index in [0.29, 0.717) is 31.1 Å².